The number of carbonyl (C=O) groups is 3. The van der Waals surface area contributed by atoms with Gasteiger partial charge in [0.05, 0.1) is 30.0 Å². The first-order valence-electron chi connectivity index (χ1n) is 11.5. The summed E-state index contributed by atoms with van der Waals surface area (Å²) in [7, 11) is 0. The van der Waals surface area contributed by atoms with Crippen LogP contribution in [0.25, 0.3) is 21.8 Å². The molecule has 1 heterocycles. The zero-order valence-electron chi connectivity index (χ0n) is 20.9. The number of para-hydroxylation sites is 1. The Hall–Kier alpha value is -3.35. The van der Waals surface area contributed by atoms with Crippen LogP contribution in [-0.2, 0) is 23.8 Å². The molecule has 3 rings (SSSR count). The van der Waals surface area contributed by atoms with Crippen LogP contribution < -0.4 is 0 Å². The van der Waals surface area contributed by atoms with Crippen LogP contribution in [0, 0.1) is 0 Å². The smallest absolute Gasteiger partial charge is 0.419 e. The van der Waals surface area contributed by atoms with Gasteiger partial charge in [0, 0.05) is 10.8 Å². The maximum absolute atomic E-state index is 13.2. The maximum Gasteiger partial charge on any atom is 0.419 e. The first-order chi connectivity index (χ1) is 15.8. The highest BCUT2D eigenvalue weighted by molar-refractivity contribution is 6.12. The lowest BCUT2D eigenvalue weighted by Gasteiger charge is -2.22. The molecule has 0 amide bonds. The molecule has 0 saturated carbocycles. The molecule has 1 unspecified atom stereocenters. The number of nitrogens with zero attached hydrogens (tertiary/aromatic N) is 1. The maximum atomic E-state index is 13.2. The van der Waals surface area contributed by atoms with Crippen LogP contribution in [0.3, 0.4) is 0 Å². The Morgan fingerprint density at radius 1 is 0.853 bits per heavy atom. The molecule has 0 spiro atoms. The van der Waals surface area contributed by atoms with Gasteiger partial charge < -0.3 is 14.2 Å². The molecule has 0 aliphatic heterocycles. The lowest BCUT2D eigenvalue weighted by Crippen LogP contribution is -2.27. The third-order valence-corrected chi connectivity index (χ3v) is 5.04. The van der Waals surface area contributed by atoms with Crippen molar-refractivity contribution in [2.75, 3.05) is 6.61 Å². The molecule has 1 atom stereocenters. The fourth-order valence-corrected chi connectivity index (χ4v) is 3.84. The number of esters is 2. The number of fused-ring (bicyclic) bond motifs is 3. The Labute approximate surface area is 200 Å². The summed E-state index contributed by atoms with van der Waals surface area (Å²) >= 11 is 0. The Morgan fingerprint density at radius 2 is 1.47 bits per heavy atom. The first-order valence-corrected chi connectivity index (χ1v) is 11.5. The van der Waals surface area contributed by atoms with E-state index >= 15 is 0 Å². The number of rotatable bonds is 5. The highest BCUT2D eigenvalue weighted by atomic mass is 16.6. The summed E-state index contributed by atoms with van der Waals surface area (Å²) in [6, 6.07) is 12.9. The predicted octanol–water partition coefficient (Wildman–Crippen LogP) is 5.96. The number of hydrogen-bond acceptors (Lipinski definition) is 6. The summed E-state index contributed by atoms with van der Waals surface area (Å²) in [6.45, 7) is 12.6. The van der Waals surface area contributed by atoms with E-state index in [0.717, 1.165) is 10.8 Å². The monoisotopic (exact) mass is 467 g/mol. The van der Waals surface area contributed by atoms with Crippen molar-refractivity contribution >= 4 is 39.8 Å². The van der Waals surface area contributed by atoms with Crippen molar-refractivity contribution in [1.29, 1.82) is 0 Å². The molecule has 182 valence electrons. The van der Waals surface area contributed by atoms with Crippen LogP contribution in [0.4, 0.5) is 4.79 Å². The van der Waals surface area contributed by atoms with E-state index in [1.165, 1.54) is 4.57 Å². The molecule has 0 aliphatic carbocycles. The third-order valence-electron chi connectivity index (χ3n) is 5.04. The third kappa shape index (κ3) is 5.76. The second-order valence-corrected chi connectivity index (χ2v) is 10.2. The summed E-state index contributed by atoms with van der Waals surface area (Å²) < 4.78 is 17.9. The summed E-state index contributed by atoms with van der Waals surface area (Å²) in [5.41, 5.74) is 0.486. The Kier molecular flexibility index (Phi) is 7.05. The molecule has 34 heavy (non-hydrogen) atoms. The van der Waals surface area contributed by atoms with Gasteiger partial charge in [-0.15, -0.1) is 0 Å². The fourth-order valence-electron chi connectivity index (χ4n) is 3.84. The molecular formula is C27H33NO6. The molecule has 0 fully saturated rings. The van der Waals surface area contributed by atoms with E-state index in [0.29, 0.717) is 16.6 Å². The number of ether oxygens (including phenoxy) is 3. The Morgan fingerprint density at radius 3 is 2.09 bits per heavy atom. The molecule has 0 bridgehead atoms. The molecule has 1 aromatic heterocycles. The summed E-state index contributed by atoms with van der Waals surface area (Å²) in [5.74, 6) is -1.89. The van der Waals surface area contributed by atoms with Crippen LogP contribution in [0.5, 0.6) is 0 Å². The van der Waals surface area contributed by atoms with Crippen molar-refractivity contribution in [1.82, 2.24) is 4.57 Å². The van der Waals surface area contributed by atoms with Crippen LogP contribution in [0.15, 0.2) is 42.5 Å². The second-order valence-electron chi connectivity index (χ2n) is 10.2. The summed E-state index contributed by atoms with van der Waals surface area (Å²) in [4.78, 5) is 38.6. The first kappa shape index (κ1) is 25.3. The minimum absolute atomic E-state index is 0.172. The molecule has 3 aromatic rings. The second kappa shape index (κ2) is 9.49. The van der Waals surface area contributed by atoms with Gasteiger partial charge in [0.25, 0.3) is 0 Å². The number of benzene rings is 2. The largest absolute Gasteiger partial charge is 0.466 e. The van der Waals surface area contributed by atoms with E-state index in [4.69, 9.17) is 14.2 Å². The molecule has 0 N–H and O–H groups in total. The lowest BCUT2D eigenvalue weighted by atomic mass is 9.94. The molecule has 0 aliphatic rings. The summed E-state index contributed by atoms with van der Waals surface area (Å²) in [5, 5.41) is 1.72. The number of carbonyl (C=O) groups excluding carboxylic acids is 3. The minimum Gasteiger partial charge on any atom is -0.466 e. The predicted molar refractivity (Wildman–Crippen MR) is 131 cm³/mol. The van der Waals surface area contributed by atoms with E-state index in [2.05, 4.69) is 0 Å². The fraction of sp³-hybridized carbons (Fsp3) is 0.444. The standard InChI is InChI=1S/C27H33NO6/c1-8-32-24(30)20(16-23(29)33-26(2,3)4)17-13-14-19-18-11-9-10-12-21(18)28(22(19)15-17)25(31)34-27(5,6)7/h9-15,20H,8,16H2,1-7H3. The Balaban J connectivity index is 2.14. The van der Waals surface area contributed by atoms with Gasteiger partial charge in [0.15, 0.2) is 0 Å². The average molecular weight is 468 g/mol. The Bertz CT molecular complexity index is 1230. The molecule has 0 radical (unpaired) electrons. The van der Waals surface area contributed by atoms with Crippen molar-refractivity contribution < 1.29 is 28.6 Å². The van der Waals surface area contributed by atoms with Crippen molar-refractivity contribution in [2.24, 2.45) is 0 Å². The summed E-state index contributed by atoms with van der Waals surface area (Å²) in [6.07, 6.45) is -0.690. The average Bonchev–Trinajstić information content (AvgIpc) is 3.03. The van der Waals surface area contributed by atoms with E-state index in [1.807, 2.05) is 51.1 Å². The molecule has 0 saturated heterocycles. The van der Waals surface area contributed by atoms with E-state index in [9.17, 15) is 14.4 Å². The highest BCUT2D eigenvalue weighted by Crippen LogP contribution is 2.33. The van der Waals surface area contributed by atoms with E-state index in [1.54, 1.807) is 39.8 Å². The van der Waals surface area contributed by atoms with Gasteiger partial charge in [-0.3, -0.25) is 9.59 Å². The molecular weight excluding hydrogens is 434 g/mol. The minimum atomic E-state index is -0.871. The van der Waals surface area contributed by atoms with Crippen molar-refractivity contribution in [2.45, 2.75) is 72.0 Å². The number of hydrogen-bond donors (Lipinski definition) is 0. The van der Waals surface area contributed by atoms with Crippen molar-refractivity contribution in [3.05, 3.63) is 48.0 Å². The van der Waals surface area contributed by atoms with Crippen LogP contribution >= 0.6 is 0 Å². The van der Waals surface area contributed by atoms with Gasteiger partial charge >= 0.3 is 18.0 Å². The quantitative estimate of drug-likeness (QED) is 0.340. The van der Waals surface area contributed by atoms with Crippen LogP contribution in [0.1, 0.15) is 66.4 Å². The lowest BCUT2D eigenvalue weighted by molar-refractivity contribution is -0.159. The molecule has 7 nitrogen and oxygen atoms in total. The zero-order chi connectivity index (χ0) is 25.3. The molecule has 7 heteroatoms. The van der Waals surface area contributed by atoms with E-state index < -0.39 is 35.2 Å². The normalized spacial score (nSPS) is 13.0. The SMILES string of the molecule is CCOC(=O)C(CC(=O)OC(C)(C)C)c1ccc2c3ccccc3n(C(=O)OC(C)(C)C)c2c1. The van der Waals surface area contributed by atoms with Crippen molar-refractivity contribution in [3.8, 4) is 0 Å². The van der Waals surface area contributed by atoms with Gasteiger partial charge in [-0.2, -0.15) is 0 Å². The van der Waals surface area contributed by atoms with Crippen LogP contribution in [-0.4, -0.2) is 40.4 Å². The van der Waals surface area contributed by atoms with Gasteiger partial charge in [-0.1, -0.05) is 30.3 Å². The van der Waals surface area contributed by atoms with Gasteiger partial charge in [-0.25, -0.2) is 9.36 Å². The molecule has 2 aromatic carbocycles. The highest BCUT2D eigenvalue weighted by Gasteiger charge is 2.30. The van der Waals surface area contributed by atoms with Gasteiger partial charge in [0.1, 0.15) is 11.2 Å². The topological polar surface area (TPSA) is 83.8 Å². The zero-order valence-corrected chi connectivity index (χ0v) is 20.9. The van der Waals surface area contributed by atoms with Crippen molar-refractivity contribution in [3.63, 3.8) is 0 Å². The van der Waals surface area contributed by atoms with Crippen LogP contribution in [0.2, 0.25) is 0 Å². The van der Waals surface area contributed by atoms with Gasteiger partial charge in [0.2, 0.25) is 0 Å². The van der Waals surface area contributed by atoms with E-state index in [-0.39, 0.29) is 13.0 Å². The number of aromatic nitrogens is 1. The van der Waals surface area contributed by atoms with Gasteiger partial charge in [-0.05, 0) is 66.2 Å².